The molecular formula is C15H16FN3. The number of benzene rings is 1. The van der Waals surface area contributed by atoms with Gasteiger partial charge in [-0.05, 0) is 48.6 Å². The average Bonchev–Trinajstić information content (AvgIpc) is 2.40. The highest BCUT2D eigenvalue weighted by atomic mass is 19.1. The van der Waals surface area contributed by atoms with Crippen LogP contribution in [0.5, 0.6) is 0 Å². The Morgan fingerprint density at radius 3 is 2.63 bits per heavy atom. The third kappa shape index (κ3) is 2.96. The molecule has 98 valence electrons. The van der Waals surface area contributed by atoms with E-state index >= 15 is 0 Å². The molecule has 19 heavy (non-hydrogen) atoms. The molecule has 0 bridgehead atoms. The molecule has 1 aliphatic carbocycles. The summed E-state index contributed by atoms with van der Waals surface area (Å²) in [6.07, 6.45) is 3.88. The van der Waals surface area contributed by atoms with Crippen LogP contribution in [-0.4, -0.2) is 16.2 Å². The summed E-state index contributed by atoms with van der Waals surface area (Å²) < 4.78 is 12.8. The Hall–Kier alpha value is -1.81. The van der Waals surface area contributed by atoms with Crippen molar-refractivity contribution >= 4 is 0 Å². The van der Waals surface area contributed by atoms with E-state index in [2.05, 4.69) is 15.5 Å². The van der Waals surface area contributed by atoms with Crippen molar-refractivity contribution in [3.05, 3.63) is 59.7 Å². The molecule has 2 aromatic rings. The normalized spacial score (nSPS) is 21.9. The van der Waals surface area contributed by atoms with Crippen molar-refractivity contribution < 1.29 is 4.39 Å². The van der Waals surface area contributed by atoms with Crippen molar-refractivity contribution in [1.29, 1.82) is 0 Å². The van der Waals surface area contributed by atoms with E-state index in [-0.39, 0.29) is 5.82 Å². The highest BCUT2D eigenvalue weighted by Crippen LogP contribution is 2.36. The Labute approximate surface area is 111 Å². The van der Waals surface area contributed by atoms with Gasteiger partial charge in [0.05, 0.1) is 5.69 Å². The fraction of sp³-hybridized carbons (Fsp3) is 0.333. The first kappa shape index (κ1) is 12.2. The maximum absolute atomic E-state index is 12.8. The van der Waals surface area contributed by atoms with Crippen LogP contribution in [0.4, 0.5) is 4.39 Å². The van der Waals surface area contributed by atoms with Crippen LogP contribution in [0.25, 0.3) is 0 Å². The lowest BCUT2D eigenvalue weighted by Crippen LogP contribution is -2.39. The van der Waals surface area contributed by atoms with Crippen LogP contribution in [0.3, 0.4) is 0 Å². The van der Waals surface area contributed by atoms with Gasteiger partial charge in [0.15, 0.2) is 0 Å². The van der Waals surface area contributed by atoms with Gasteiger partial charge in [-0.3, -0.25) is 0 Å². The van der Waals surface area contributed by atoms with Crippen molar-refractivity contribution in [1.82, 2.24) is 15.5 Å². The molecule has 1 saturated carbocycles. The number of nitrogens with one attached hydrogen (secondary N) is 1. The Morgan fingerprint density at radius 2 is 1.95 bits per heavy atom. The van der Waals surface area contributed by atoms with Gasteiger partial charge in [0.25, 0.3) is 0 Å². The molecule has 0 saturated heterocycles. The number of rotatable bonds is 4. The van der Waals surface area contributed by atoms with Gasteiger partial charge < -0.3 is 5.32 Å². The molecule has 0 spiro atoms. The Bertz CT molecular complexity index is 521. The predicted molar refractivity (Wildman–Crippen MR) is 71.0 cm³/mol. The first-order chi connectivity index (χ1) is 9.31. The second-order valence-electron chi connectivity index (χ2n) is 5.01. The molecule has 1 aliphatic rings. The molecule has 0 amide bonds. The van der Waals surface area contributed by atoms with Crippen LogP contribution in [0.15, 0.2) is 42.6 Å². The molecule has 3 rings (SSSR count). The molecule has 3 nitrogen and oxygen atoms in total. The van der Waals surface area contributed by atoms with E-state index < -0.39 is 0 Å². The number of hydrogen-bond acceptors (Lipinski definition) is 3. The van der Waals surface area contributed by atoms with Gasteiger partial charge in [-0.2, -0.15) is 10.2 Å². The molecule has 1 fully saturated rings. The van der Waals surface area contributed by atoms with Crippen LogP contribution < -0.4 is 5.32 Å². The first-order valence-corrected chi connectivity index (χ1v) is 6.56. The van der Waals surface area contributed by atoms with Crippen molar-refractivity contribution in [2.24, 2.45) is 0 Å². The molecule has 0 radical (unpaired) electrons. The second-order valence-corrected chi connectivity index (χ2v) is 5.01. The minimum absolute atomic E-state index is 0.166. The maximum Gasteiger partial charge on any atom is 0.123 e. The van der Waals surface area contributed by atoms with Crippen LogP contribution >= 0.6 is 0 Å². The van der Waals surface area contributed by atoms with Gasteiger partial charge in [0.2, 0.25) is 0 Å². The zero-order valence-electron chi connectivity index (χ0n) is 10.6. The summed E-state index contributed by atoms with van der Waals surface area (Å²) in [6, 6.07) is 11.2. The van der Waals surface area contributed by atoms with Gasteiger partial charge in [-0.1, -0.05) is 12.1 Å². The van der Waals surface area contributed by atoms with E-state index in [4.69, 9.17) is 0 Å². The molecule has 1 heterocycles. The number of hydrogen-bond donors (Lipinski definition) is 1. The fourth-order valence-corrected chi connectivity index (χ4v) is 2.47. The number of aromatic nitrogens is 2. The third-order valence-electron chi connectivity index (χ3n) is 3.68. The predicted octanol–water partition coefficient (Wildman–Crippen LogP) is 2.65. The molecule has 1 aromatic carbocycles. The zero-order valence-corrected chi connectivity index (χ0v) is 10.6. The van der Waals surface area contributed by atoms with Gasteiger partial charge in [0, 0.05) is 18.8 Å². The highest BCUT2D eigenvalue weighted by Gasteiger charge is 2.29. The van der Waals surface area contributed by atoms with Crippen LogP contribution in [0.2, 0.25) is 0 Å². The zero-order chi connectivity index (χ0) is 13.1. The minimum Gasteiger partial charge on any atom is -0.308 e. The third-order valence-corrected chi connectivity index (χ3v) is 3.68. The quantitative estimate of drug-likeness (QED) is 0.915. The van der Waals surface area contributed by atoms with Crippen molar-refractivity contribution in [3.8, 4) is 0 Å². The van der Waals surface area contributed by atoms with E-state index in [0.29, 0.717) is 12.0 Å². The number of nitrogens with zero attached hydrogens (tertiary/aromatic N) is 2. The molecular weight excluding hydrogens is 241 g/mol. The van der Waals surface area contributed by atoms with E-state index in [0.717, 1.165) is 25.1 Å². The van der Waals surface area contributed by atoms with Crippen LogP contribution in [-0.2, 0) is 6.54 Å². The summed E-state index contributed by atoms with van der Waals surface area (Å²) in [7, 11) is 0. The molecule has 4 heteroatoms. The topological polar surface area (TPSA) is 37.8 Å². The standard InChI is InChI=1S/C15H16FN3/c16-13-5-3-11(4-6-13)12-8-15(9-12)17-10-14-2-1-7-18-19-14/h1-7,12,15,17H,8-10H2. The first-order valence-electron chi connectivity index (χ1n) is 6.56. The lowest BCUT2D eigenvalue weighted by Gasteiger charge is -2.36. The minimum atomic E-state index is -0.166. The summed E-state index contributed by atoms with van der Waals surface area (Å²) in [5, 5.41) is 11.4. The van der Waals surface area contributed by atoms with Gasteiger partial charge in [0.1, 0.15) is 5.82 Å². The fourth-order valence-electron chi connectivity index (χ4n) is 2.47. The maximum atomic E-state index is 12.8. The summed E-state index contributed by atoms with van der Waals surface area (Å²) in [5.41, 5.74) is 2.20. The van der Waals surface area contributed by atoms with Gasteiger partial charge in [-0.15, -0.1) is 0 Å². The largest absolute Gasteiger partial charge is 0.308 e. The molecule has 1 aromatic heterocycles. The lowest BCUT2D eigenvalue weighted by molar-refractivity contribution is 0.288. The average molecular weight is 257 g/mol. The second kappa shape index (κ2) is 5.45. The Balaban J connectivity index is 1.47. The Kier molecular flexibility index (Phi) is 3.51. The van der Waals surface area contributed by atoms with E-state index in [9.17, 15) is 4.39 Å². The smallest absolute Gasteiger partial charge is 0.123 e. The van der Waals surface area contributed by atoms with Crippen LogP contribution in [0, 0.1) is 5.82 Å². The highest BCUT2D eigenvalue weighted by molar-refractivity contribution is 5.23. The van der Waals surface area contributed by atoms with E-state index in [1.807, 2.05) is 24.3 Å². The summed E-state index contributed by atoms with van der Waals surface area (Å²) in [5.74, 6) is 0.389. The summed E-state index contributed by atoms with van der Waals surface area (Å²) >= 11 is 0. The summed E-state index contributed by atoms with van der Waals surface area (Å²) in [4.78, 5) is 0. The van der Waals surface area contributed by atoms with Crippen molar-refractivity contribution in [2.45, 2.75) is 31.3 Å². The SMILES string of the molecule is Fc1ccc(C2CC(NCc3cccnn3)C2)cc1. The molecule has 0 atom stereocenters. The van der Waals surface area contributed by atoms with E-state index in [1.165, 1.54) is 17.7 Å². The van der Waals surface area contributed by atoms with E-state index in [1.54, 1.807) is 6.20 Å². The van der Waals surface area contributed by atoms with Crippen molar-refractivity contribution in [3.63, 3.8) is 0 Å². The van der Waals surface area contributed by atoms with Crippen LogP contribution in [0.1, 0.15) is 30.0 Å². The number of halogens is 1. The molecule has 0 unspecified atom stereocenters. The Morgan fingerprint density at radius 1 is 1.16 bits per heavy atom. The van der Waals surface area contributed by atoms with Crippen molar-refractivity contribution in [2.75, 3.05) is 0 Å². The molecule has 1 N–H and O–H groups in total. The van der Waals surface area contributed by atoms with Gasteiger partial charge >= 0.3 is 0 Å². The van der Waals surface area contributed by atoms with Gasteiger partial charge in [-0.25, -0.2) is 4.39 Å². The summed E-state index contributed by atoms with van der Waals surface area (Å²) in [6.45, 7) is 0.759. The molecule has 0 aliphatic heterocycles. The lowest BCUT2D eigenvalue weighted by atomic mass is 9.76. The monoisotopic (exact) mass is 257 g/mol.